The topological polar surface area (TPSA) is 84.3 Å². The molecule has 1 aromatic rings. The Kier molecular flexibility index (Phi) is 4.22. The molecule has 23 heavy (non-hydrogen) atoms. The van der Waals surface area contributed by atoms with Gasteiger partial charge in [0, 0.05) is 44.2 Å². The number of nitrogens with one attached hydrogen (secondary N) is 1. The number of piperidine rings is 1. The van der Waals surface area contributed by atoms with Crippen molar-refractivity contribution in [1.82, 2.24) is 19.4 Å². The predicted octanol–water partition coefficient (Wildman–Crippen LogP) is 0.598. The average molecular weight is 340 g/mol. The number of nitrogens with zero attached hydrogens (tertiary/aromatic N) is 3. The third-order valence-corrected chi connectivity index (χ3v) is 7.12. The highest BCUT2D eigenvalue weighted by molar-refractivity contribution is 7.89. The second-order valence-corrected chi connectivity index (χ2v) is 8.71. The van der Waals surface area contributed by atoms with Crippen molar-refractivity contribution in [2.75, 3.05) is 18.8 Å². The van der Waals surface area contributed by atoms with Gasteiger partial charge in [0.1, 0.15) is 0 Å². The number of carbonyl (C=O) groups excluding carboxylic acids is 1. The first-order chi connectivity index (χ1) is 10.9. The summed E-state index contributed by atoms with van der Waals surface area (Å²) in [6.45, 7) is 2.82. The zero-order chi connectivity index (χ0) is 16.7. The van der Waals surface area contributed by atoms with E-state index in [1.807, 2.05) is 26.4 Å². The van der Waals surface area contributed by atoms with Crippen molar-refractivity contribution in [1.29, 1.82) is 0 Å². The zero-order valence-electron chi connectivity index (χ0n) is 13.7. The second kappa shape index (κ2) is 5.90. The van der Waals surface area contributed by atoms with Crippen molar-refractivity contribution in [3.05, 3.63) is 18.0 Å². The first-order valence-corrected chi connectivity index (χ1v) is 9.74. The maximum absolute atomic E-state index is 12.2. The van der Waals surface area contributed by atoms with E-state index in [4.69, 9.17) is 0 Å². The zero-order valence-corrected chi connectivity index (χ0v) is 14.5. The maximum Gasteiger partial charge on any atom is 0.221 e. The highest BCUT2D eigenvalue weighted by Gasteiger charge is 2.50. The van der Waals surface area contributed by atoms with E-state index >= 15 is 0 Å². The van der Waals surface area contributed by atoms with Gasteiger partial charge in [0.05, 0.1) is 11.9 Å². The van der Waals surface area contributed by atoms with Gasteiger partial charge in [-0.25, -0.2) is 12.7 Å². The van der Waals surface area contributed by atoms with Gasteiger partial charge < -0.3 is 5.32 Å². The molecule has 2 saturated heterocycles. The molecule has 0 aromatic carbocycles. The van der Waals surface area contributed by atoms with Crippen LogP contribution in [0.1, 0.15) is 44.1 Å². The summed E-state index contributed by atoms with van der Waals surface area (Å²) in [5, 5.41) is 7.35. The normalized spacial score (nSPS) is 25.0. The number of aromatic nitrogens is 2. The summed E-state index contributed by atoms with van der Waals surface area (Å²) in [7, 11) is -1.31. The van der Waals surface area contributed by atoms with E-state index in [2.05, 4.69) is 10.4 Å². The fraction of sp³-hybridized carbons (Fsp3) is 0.733. The second-order valence-electron chi connectivity index (χ2n) is 6.62. The molecular weight excluding hydrogens is 316 g/mol. The van der Waals surface area contributed by atoms with Crippen LogP contribution in [0, 0.1) is 0 Å². The van der Waals surface area contributed by atoms with Gasteiger partial charge >= 0.3 is 0 Å². The largest absolute Gasteiger partial charge is 0.350 e. The Morgan fingerprint density at radius 2 is 2.09 bits per heavy atom. The van der Waals surface area contributed by atoms with Gasteiger partial charge in [0.15, 0.2) is 0 Å². The van der Waals surface area contributed by atoms with Gasteiger partial charge in [0.25, 0.3) is 0 Å². The summed E-state index contributed by atoms with van der Waals surface area (Å²) >= 11 is 0. The Hall–Kier alpha value is -1.41. The minimum atomic E-state index is -3.17. The lowest BCUT2D eigenvalue weighted by molar-refractivity contribution is -0.120. The highest BCUT2D eigenvalue weighted by Crippen LogP contribution is 2.43. The molecule has 0 unspecified atom stereocenters. The van der Waals surface area contributed by atoms with Gasteiger partial charge in [-0.1, -0.05) is 6.92 Å². The fourth-order valence-electron chi connectivity index (χ4n) is 3.88. The smallest absolute Gasteiger partial charge is 0.221 e. The number of rotatable bonds is 4. The van der Waals surface area contributed by atoms with Crippen LogP contribution >= 0.6 is 0 Å². The van der Waals surface area contributed by atoms with Crippen molar-refractivity contribution < 1.29 is 13.2 Å². The lowest BCUT2D eigenvalue weighted by Crippen LogP contribution is -2.54. The Morgan fingerprint density at radius 1 is 1.39 bits per heavy atom. The van der Waals surface area contributed by atoms with Crippen LogP contribution in [0.15, 0.2) is 12.4 Å². The van der Waals surface area contributed by atoms with Gasteiger partial charge in [-0.2, -0.15) is 5.10 Å². The van der Waals surface area contributed by atoms with Crippen LogP contribution in [0.3, 0.4) is 0 Å². The number of carbonyl (C=O) groups is 1. The first kappa shape index (κ1) is 16.4. The summed E-state index contributed by atoms with van der Waals surface area (Å²) in [5.41, 5.74) is 0.717. The van der Waals surface area contributed by atoms with Crippen molar-refractivity contribution in [2.45, 2.75) is 44.1 Å². The van der Waals surface area contributed by atoms with E-state index in [0.717, 1.165) is 5.56 Å². The molecule has 3 rings (SSSR count). The summed E-state index contributed by atoms with van der Waals surface area (Å²) in [6.07, 6.45) is 6.15. The molecule has 1 amide bonds. The number of amides is 1. The highest BCUT2D eigenvalue weighted by atomic mass is 32.2. The molecule has 2 aliphatic heterocycles. The molecule has 1 spiro atoms. The Balaban J connectivity index is 1.79. The standard InChI is InChI=1S/C15H24N4O3S/c1-3-8-23(21,22)19-6-4-15(5-7-19)13(9-14(20)17-15)12-10-16-18(2)11-12/h10-11,13H,3-9H2,1-2H3,(H,17,20)/t13-/m1/s1. The van der Waals surface area contributed by atoms with E-state index in [0.29, 0.717) is 38.8 Å². The minimum Gasteiger partial charge on any atom is -0.350 e. The molecule has 0 radical (unpaired) electrons. The van der Waals surface area contributed by atoms with Crippen molar-refractivity contribution in [2.24, 2.45) is 7.05 Å². The molecule has 0 aliphatic carbocycles. The SMILES string of the molecule is CCCS(=O)(=O)N1CCC2(CC1)NC(=O)C[C@@H]2c1cnn(C)c1. The summed E-state index contributed by atoms with van der Waals surface area (Å²) < 4.78 is 27.8. The van der Waals surface area contributed by atoms with Gasteiger partial charge in [0.2, 0.25) is 15.9 Å². The predicted molar refractivity (Wildman–Crippen MR) is 86.3 cm³/mol. The summed E-state index contributed by atoms with van der Waals surface area (Å²) in [6, 6.07) is 0. The van der Waals surface area contributed by atoms with Crippen LogP contribution in [-0.2, 0) is 21.9 Å². The monoisotopic (exact) mass is 340 g/mol. The molecule has 8 heteroatoms. The maximum atomic E-state index is 12.2. The van der Waals surface area contributed by atoms with Crippen LogP contribution in [0.2, 0.25) is 0 Å². The van der Waals surface area contributed by atoms with Crippen LogP contribution < -0.4 is 5.32 Å². The summed E-state index contributed by atoms with van der Waals surface area (Å²) in [4.78, 5) is 12.0. The van der Waals surface area contributed by atoms with Crippen LogP contribution in [0.5, 0.6) is 0 Å². The molecular formula is C15H24N4O3S. The molecule has 2 aliphatic rings. The fourth-order valence-corrected chi connectivity index (χ4v) is 5.39. The average Bonchev–Trinajstić information content (AvgIpc) is 3.03. The molecule has 3 heterocycles. The third kappa shape index (κ3) is 3.01. The molecule has 7 nitrogen and oxygen atoms in total. The first-order valence-electron chi connectivity index (χ1n) is 8.14. The van der Waals surface area contributed by atoms with E-state index in [1.54, 1.807) is 8.99 Å². The van der Waals surface area contributed by atoms with Crippen LogP contribution in [0.4, 0.5) is 0 Å². The van der Waals surface area contributed by atoms with Crippen molar-refractivity contribution in [3.8, 4) is 0 Å². The molecule has 2 fully saturated rings. The summed E-state index contributed by atoms with van der Waals surface area (Å²) in [5.74, 6) is 0.307. The number of hydrogen-bond acceptors (Lipinski definition) is 4. The van der Waals surface area contributed by atoms with Crippen molar-refractivity contribution in [3.63, 3.8) is 0 Å². The molecule has 1 aromatic heterocycles. The van der Waals surface area contributed by atoms with Crippen LogP contribution in [0.25, 0.3) is 0 Å². The van der Waals surface area contributed by atoms with E-state index in [-0.39, 0.29) is 23.1 Å². The number of aryl methyl sites for hydroxylation is 1. The molecule has 1 atom stereocenters. The van der Waals surface area contributed by atoms with Crippen molar-refractivity contribution >= 4 is 15.9 Å². The number of hydrogen-bond donors (Lipinski definition) is 1. The number of sulfonamides is 1. The van der Waals surface area contributed by atoms with Gasteiger partial charge in [-0.15, -0.1) is 0 Å². The minimum absolute atomic E-state index is 0.0451. The van der Waals surface area contributed by atoms with E-state index in [9.17, 15) is 13.2 Å². The van der Waals surface area contributed by atoms with Gasteiger partial charge in [-0.3, -0.25) is 9.48 Å². The Morgan fingerprint density at radius 3 is 2.65 bits per heavy atom. The Bertz CT molecular complexity index is 689. The molecule has 1 N–H and O–H groups in total. The quantitative estimate of drug-likeness (QED) is 0.870. The third-order valence-electron chi connectivity index (χ3n) is 5.04. The lowest BCUT2D eigenvalue weighted by atomic mass is 9.75. The van der Waals surface area contributed by atoms with Crippen LogP contribution in [-0.4, -0.2) is 52.8 Å². The van der Waals surface area contributed by atoms with E-state index in [1.165, 1.54) is 0 Å². The Labute approximate surface area is 137 Å². The molecule has 128 valence electrons. The van der Waals surface area contributed by atoms with Gasteiger partial charge in [-0.05, 0) is 24.8 Å². The molecule has 0 bridgehead atoms. The molecule has 0 saturated carbocycles. The lowest BCUT2D eigenvalue weighted by Gasteiger charge is -2.42. The van der Waals surface area contributed by atoms with E-state index < -0.39 is 10.0 Å².